The number of rotatable bonds is 8. The summed E-state index contributed by atoms with van der Waals surface area (Å²) in [5.74, 6) is -0.0703. The number of halogens is 1. The third-order valence-corrected chi connectivity index (χ3v) is 4.71. The van der Waals surface area contributed by atoms with Gasteiger partial charge in [0.2, 0.25) is 5.91 Å². The average molecular weight is 423 g/mol. The number of ether oxygens (including phenoxy) is 1. The summed E-state index contributed by atoms with van der Waals surface area (Å²) in [5, 5.41) is 0.688. The zero-order chi connectivity index (χ0) is 21.2. The molecular weight excluding hydrogens is 400 g/mol. The van der Waals surface area contributed by atoms with Crippen LogP contribution in [-0.2, 0) is 16.0 Å². The number of aryl methyl sites for hydroxylation is 1. The molecule has 2 amide bonds. The van der Waals surface area contributed by atoms with Crippen molar-refractivity contribution in [3.63, 3.8) is 0 Å². The highest BCUT2D eigenvalue weighted by Gasteiger charge is 2.09. The van der Waals surface area contributed by atoms with Crippen LogP contribution in [-0.4, -0.2) is 18.4 Å². The molecule has 0 heterocycles. The smallest absolute Gasteiger partial charge is 0.276 e. The molecule has 0 aliphatic rings. The van der Waals surface area contributed by atoms with Gasteiger partial charge in [0, 0.05) is 17.0 Å². The highest BCUT2D eigenvalue weighted by atomic mass is 35.5. The summed E-state index contributed by atoms with van der Waals surface area (Å²) in [7, 11) is 0. The molecule has 30 heavy (non-hydrogen) atoms. The molecule has 0 aromatic heterocycles. The van der Waals surface area contributed by atoms with Gasteiger partial charge < -0.3 is 4.74 Å². The molecule has 0 atom stereocenters. The van der Waals surface area contributed by atoms with Crippen molar-refractivity contribution in [2.45, 2.75) is 19.3 Å². The zero-order valence-corrected chi connectivity index (χ0v) is 17.2. The largest absolute Gasteiger partial charge is 0.483 e. The fourth-order valence-electron chi connectivity index (χ4n) is 2.93. The highest BCUT2D eigenvalue weighted by Crippen LogP contribution is 2.29. The van der Waals surface area contributed by atoms with Gasteiger partial charge in [-0.15, -0.1) is 0 Å². The molecule has 0 unspecified atom stereocenters. The molecule has 0 saturated carbocycles. The molecule has 3 rings (SSSR count). The average Bonchev–Trinajstić information content (AvgIpc) is 2.78. The zero-order valence-electron chi connectivity index (χ0n) is 16.4. The van der Waals surface area contributed by atoms with Crippen LogP contribution in [0.5, 0.6) is 5.75 Å². The molecule has 6 heteroatoms. The topological polar surface area (TPSA) is 67.4 Å². The number of nitrogens with one attached hydrogen (secondary N) is 2. The Morgan fingerprint density at radius 3 is 2.23 bits per heavy atom. The summed E-state index contributed by atoms with van der Waals surface area (Å²) in [4.78, 5) is 23.9. The van der Waals surface area contributed by atoms with Crippen molar-refractivity contribution in [1.82, 2.24) is 10.9 Å². The van der Waals surface area contributed by atoms with E-state index in [9.17, 15) is 9.59 Å². The van der Waals surface area contributed by atoms with Gasteiger partial charge in [0.25, 0.3) is 5.91 Å². The van der Waals surface area contributed by atoms with Crippen molar-refractivity contribution in [3.8, 4) is 16.9 Å². The van der Waals surface area contributed by atoms with Crippen LogP contribution in [0.25, 0.3) is 11.1 Å². The molecule has 0 spiro atoms. The SMILES string of the molecule is O=C(CCCc1ccc(Cl)cc1)NNC(=O)COc1ccccc1-c1ccccc1. The molecule has 3 aromatic carbocycles. The van der Waals surface area contributed by atoms with E-state index in [4.69, 9.17) is 16.3 Å². The van der Waals surface area contributed by atoms with E-state index < -0.39 is 5.91 Å². The minimum absolute atomic E-state index is 0.200. The second kappa shape index (κ2) is 11.0. The number of benzene rings is 3. The van der Waals surface area contributed by atoms with Crippen LogP contribution in [0.3, 0.4) is 0 Å². The molecular formula is C24H23ClN2O3. The first-order valence-electron chi connectivity index (χ1n) is 9.71. The lowest BCUT2D eigenvalue weighted by Gasteiger charge is -2.12. The molecule has 5 nitrogen and oxygen atoms in total. The predicted octanol–water partition coefficient (Wildman–Crippen LogP) is 4.56. The van der Waals surface area contributed by atoms with Gasteiger partial charge in [-0.3, -0.25) is 20.4 Å². The maximum atomic E-state index is 12.0. The van der Waals surface area contributed by atoms with Crippen molar-refractivity contribution in [3.05, 3.63) is 89.4 Å². The lowest BCUT2D eigenvalue weighted by Crippen LogP contribution is -2.43. The normalized spacial score (nSPS) is 10.3. The molecule has 0 radical (unpaired) electrons. The van der Waals surface area contributed by atoms with Crippen LogP contribution in [0, 0.1) is 0 Å². The first kappa shape index (κ1) is 21.4. The van der Waals surface area contributed by atoms with E-state index in [1.807, 2.05) is 78.9 Å². The van der Waals surface area contributed by atoms with Gasteiger partial charge >= 0.3 is 0 Å². The fourth-order valence-corrected chi connectivity index (χ4v) is 3.06. The Morgan fingerprint density at radius 2 is 1.47 bits per heavy atom. The van der Waals surface area contributed by atoms with E-state index in [1.54, 1.807) is 0 Å². The lowest BCUT2D eigenvalue weighted by molar-refractivity contribution is -0.130. The van der Waals surface area contributed by atoms with Crippen molar-refractivity contribution in [1.29, 1.82) is 0 Å². The predicted molar refractivity (Wildman–Crippen MR) is 118 cm³/mol. The van der Waals surface area contributed by atoms with E-state index in [1.165, 1.54) is 0 Å². The summed E-state index contributed by atoms with van der Waals surface area (Å²) >= 11 is 5.86. The van der Waals surface area contributed by atoms with E-state index in [-0.39, 0.29) is 12.5 Å². The number of carbonyl (C=O) groups is 2. The second-order valence-corrected chi connectivity index (χ2v) is 7.16. The minimum Gasteiger partial charge on any atom is -0.483 e. The Morgan fingerprint density at radius 1 is 0.800 bits per heavy atom. The van der Waals surface area contributed by atoms with Gasteiger partial charge in [-0.05, 0) is 42.2 Å². The van der Waals surface area contributed by atoms with E-state index in [2.05, 4.69) is 10.9 Å². The van der Waals surface area contributed by atoms with Gasteiger partial charge in [-0.25, -0.2) is 0 Å². The van der Waals surface area contributed by atoms with Crippen molar-refractivity contribution >= 4 is 23.4 Å². The first-order chi connectivity index (χ1) is 14.6. The van der Waals surface area contributed by atoms with E-state index in [0.29, 0.717) is 23.6 Å². The summed E-state index contributed by atoms with van der Waals surface area (Å²) in [5.41, 5.74) is 7.82. The van der Waals surface area contributed by atoms with E-state index in [0.717, 1.165) is 23.1 Å². The second-order valence-electron chi connectivity index (χ2n) is 6.73. The molecule has 2 N–H and O–H groups in total. The first-order valence-corrected chi connectivity index (χ1v) is 10.1. The molecule has 3 aromatic rings. The third-order valence-electron chi connectivity index (χ3n) is 4.45. The molecule has 0 aliphatic heterocycles. The van der Waals surface area contributed by atoms with Gasteiger partial charge in [0.15, 0.2) is 6.61 Å². The summed E-state index contributed by atoms with van der Waals surface area (Å²) in [6.07, 6.45) is 1.74. The van der Waals surface area contributed by atoms with Crippen LogP contribution in [0.4, 0.5) is 0 Å². The van der Waals surface area contributed by atoms with Crippen molar-refractivity contribution in [2.24, 2.45) is 0 Å². The Balaban J connectivity index is 1.40. The minimum atomic E-state index is -0.427. The summed E-state index contributed by atoms with van der Waals surface area (Å²) < 4.78 is 5.66. The Kier molecular flexibility index (Phi) is 7.86. The monoisotopic (exact) mass is 422 g/mol. The number of hydrazine groups is 1. The van der Waals surface area contributed by atoms with Crippen LogP contribution in [0.2, 0.25) is 5.02 Å². The summed E-state index contributed by atoms with van der Waals surface area (Å²) in [6, 6.07) is 24.8. The van der Waals surface area contributed by atoms with Gasteiger partial charge in [0.1, 0.15) is 5.75 Å². The molecule has 0 saturated heterocycles. The number of para-hydroxylation sites is 1. The fraction of sp³-hybridized carbons (Fsp3) is 0.167. The maximum Gasteiger partial charge on any atom is 0.276 e. The molecule has 0 aliphatic carbocycles. The number of amides is 2. The van der Waals surface area contributed by atoms with Crippen molar-refractivity contribution in [2.75, 3.05) is 6.61 Å². The molecule has 0 fully saturated rings. The maximum absolute atomic E-state index is 12.0. The van der Waals surface area contributed by atoms with Crippen molar-refractivity contribution < 1.29 is 14.3 Å². The van der Waals surface area contributed by atoms with Gasteiger partial charge in [-0.2, -0.15) is 0 Å². The Hall–Kier alpha value is -3.31. The number of carbonyl (C=O) groups excluding carboxylic acids is 2. The van der Waals surface area contributed by atoms with Gasteiger partial charge in [-0.1, -0.05) is 72.3 Å². The van der Waals surface area contributed by atoms with Crippen LogP contribution < -0.4 is 15.6 Å². The third kappa shape index (κ3) is 6.64. The Labute approximate surface area is 181 Å². The number of hydrogen-bond donors (Lipinski definition) is 2. The van der Waals surface area contributed by atoms with Crippen LogP contribution in [0.1, 0.15) is 18.4 Å². The molecule has 154 valence electrons. The van der Waals surface area contributed by atoms with E-state index >= 15 is 0 Å². The standard InChI is InChI=1S/C24H23ClN2O3/c25-20-15-13-18(14-16-20)7-6-12-23(28)26-27-24(29)17-30-22-11-5-4-10-21(22)19-8-2-1-3-9-19/h1-5,8-11,13-16H,6-7,12,17H2,(H,26,28)(H,27,29). The molecule has 0 bridgehead atoms. The van der Waals surface area contributed by atoms with Crippen LogP contribution >= 0.6 is 11.6 Å². The quantitative estimate of drug-likeness (QED) is 0.523. The van der Waals surface area contributed by atoms with Gasteiger partial charge in [0.05, 0.1) is 0 Å². The van der Waals surface area contributed by atoms with Crippen LogP contribution in [0.15, 0.2) is 78.9 Å². The highest BCUT2D eigenvalue weighted by molar-refractivity contribution is 6.30. The summed E-state index contributed by atoms with van der Waals surface area (Å²) in [6.45, 7) is -0.200. The Bertz CT molecular complexity index is 975. The lowest BCUT2D eigenvalue weighted by atomic mass is 10.1. The number of hydrogen-bond acceptors (Lipinski definition) is 3.